The number of carbonyl (C=O) groups excluding carboxylic acids is 1. The first-order valence-corrected chi connectivity index (χ1v) is 11.1. The maximum Gasteiger partial charge on any atom is 0.234 e. The lowest BCUT2D eigenvalue weighted by Gasteiger charge is -2.32. The molecule has 2 aromatic carbocycles. The predicted molar refractivity (Wildman–Crippen MR) is 125 cm³/mol. The Hall–Kier alpha value is -2.60. The van der Waals surface area contributed by atoms with Crippen LogP contribution in [0.4, 0.5) is 0 Å². The number of aliphatic imine (C=N–C) groups is 1. The van der Waals surface area contributed by atoms with Gasteiger partial charge in [-0.15, -0.1) is 0 Å². The number of nitrogens with one attached hydrogen (secondary N) is 3. The Bertz CT molecular complexity index is 837. The van der Waals surface area contributed by atoms with Gasteiger partial charge in [0.05, 0.1) is 6.54 Å². The Morgan fingerprint density at radius 2 is 1.83 bits per heavy atom. The normalized spacial score (nSPS) is 15.9. The van der Waals surface area contributed by atoms with E-state index in [1.807, 2.05) is 7.05 Å². The fourth-order valence-corrected chi connectivity index (χ4v) is 3.97. The SMILES string of the molecule is CCCNC(=O)CN1CCC(NC(=NC)NCCc2cccc3ccccc23)CC1. The number of piperidine rings is 1. The van der Waals surface area contributed by atoms with Crippen LogP contribution in [-0.2, 0) is 11.2 Å². The predicted octanol–water partition coefficient (Wildman–Crippen LogP) is 2.54. The van der Waals surface area contributed by atoms with Crippen LogP contribution in [0, 0.1) is 0 Å². The molecule has 0 aromatic heterocycles. The molecular weight excluding hydrogens is 374 g/mol. The third-order valence-corrected chi connectivity index (χ3v) is 5.66. The van der Waals surface area contributed by atoms with Crippen LogP contribution in [-0.4, -0.2) is 62.6 Å². The first kappa shape index (κ1) is 22.1. The number of fused-ring (bicyclic) bond motifs is 1. The van der Waals surface area contributed by atoms with Gasteiger partial charge in [0.25, 0.3) is 0 Å². The molecule has 0 spiro atoms. The van der Waals surface area contributed by atoms with Gasteiger partial charge in [-0.25, -0.2) is 0 Å². The van der Waals surface area contributed by atoms with E-state index in [2.05, 4.69) is 75.2 Å². The molecule has 1 heterocycles. The van der Waals surface area contributed by atoms with Crippen molar-refractivity contribution in [1.82, 2.24) is 20.9 Å². The maximum atomic E-state index is 11.9. The highest BCUT2D eigenvalue weighted by atomic mass is 16.2. The molecule has 2 aromatic rings. The molecule has 1 amide bonds. The maximum absolute atomic E-state index is 11.9. The molecule has 0 aliphatic carbocycles. The Labute approximate surface area is 180 Å². The van der Waals surface area contributed by atoms with E-state index in [1.165, 1.54) is 16.3 Å². The fourth-order valence-electron chi connectivity index (χ4n) is 3.97. The quantitative estimate of drug-likeness (QED) is 0.463. The zero-order valence-corrected chi connectivity index (χ0v) is 18.3. The number of nitrogens with zero attached hydrogens (tertiary/aromatic N) is 2. The van der Waals surface area contributed by atoms with Crippen LogP contribution in [0.5, 0.6) is 0 Å². The summed E-state index contributed by atoms with van der Waals surface area (Å²) in [5.41, 5.74) is 1.35. The number of amides is 1. The molecule has 0 bridgehead atoms. The molecule has 6 heteroatoms. The van der Waals surface area contributed by atoms with Crippen molar-refractivity contribution in [3.63, 3.8) is 0 Å². The number of hydrogen-bond acceptors (Lipinski definition) is 3. The molecule has 0 saturated carbocycles. The van der Waals surface area contributed by atoms with E-state index < -0.39 is 0 Å². The highest BCUT2D eigenvalue weighted by molar-refractivity contribution is 5.86. The number of benzene rings is 2. The number of guanidine groups is 1. The number of hydrogen-bond donors (Lipinski definition) is 3. The van der Waals surface area contributed by atoms with E-state index in [9.17, 15) is 4.79 Å². The summed E-state index contributed by atoms with van der Waals surface area (Å²) in [6.07, 6.45) is 3.97. The van der Waals surface area contributed by atoms with Crippen molar-refractivity contribution in [3.8, 4) is 0 Å². The van der Waals surface area contributed by atoms with Crippen LogP contribution in [0.25, 0.3) is 10.8 Å². The highest BCUT2D eigenvalue weighted by Gasteiger charge is 2.21. The molecule has 1 fully saturated rings. The fraction of sp³-hybridized carbons (Fsp3) is 0.500. The largest absolute Gasteiger partial charge is 0.356 e. The molecule has 0 atom stereocenters. The molecule has 162 valence electrons. The molecule has 3 rings (SSSR count). The first-order chi connectivity index (χ1) is 14.7. The molecule has 1 saturated heterocycles. The molecule has 1 aliphatic heterocycles. The lowest BCUT2D eigenvalue weighted by molar-refractivity contribution is -0.122. The van der Waals surface area contributed by atoms with Crippen molar-refractivity contribution < 1.29 is 4.79 Å². The average Bonchev–Trinajstić information content (AvgIpc) is 2.78. The summed E-state index contributed by atoms with van der Waals surface area (Å²) in [5.74, 6) is 0.989. The second kappa shape index (κ2) is 11.6. The van der Waals surface area contributed by atoms with Gasteiger partial charge in [-0.2, -0.15) is 0 Å². The third-order valence-electron chi connectivity index (χ3n) is 5.66. The van der Waals surface area contributed by atoms with Gasteiger partial charge in [0, 0.05) is 39.3 Å². The standard InChI is InChI=1S/C24H35N5O/c1-3-14-26-23(30)18-29-16-12-21(13-17-29)28-24(25-2)27-15-11-20-9-6-8-19-7-4-5-10-22(19)20/h4-10,21H,3,11-18H2,1-2H3,(H,26,30)(H2,25,27,28). The average molecular weight is 410 g/mol. The highest BCUT2D eigenvalue weighted by Crippen LogP contribution is 2.18. The van der Waals surface area contributed by atoms with Gasteiger partial charge in [-0.05, 0) is 42.0 Å². The van der Waals surface area contributed by atoms with Gasteiger partial charge in [0.1, 0.15) is 0 Å². The monoisotopic (exact) mass is 409 g/mol. The van der Waals surface area contributed by atoms with Crippen LogP contribution >= 0.6 is 0 Å². The summed E-state index contributed by atoms with van der Waals surface area (Å²) in [4.78, 5) is 18.5. The van der Waals surface area contributed by atoms with Crippen molar-refractivity contribution >= 4 is 22.6 Å². The first-order valence-electron chi connectivity index (χ1n) is 11.1. The smallest absolute Gasteiger partial charge is 0.234 e. The number of carbonyl (C=O) groups is 1. The van der Waals surface area contributed by atoms with Crippen LogP contribution < -0.4 is 16.0 Å². The van der Waals surface area contributed by atoms with Crippen molar-refractivity contribution in [2.45, 2.75) is 38.6 Å². The molecule has 30 heavy (non-hydrogen) atoms. The Balaban J connectivity index is 1.40. The van der Waals surface area contributed by atoms with Crippen molar-refractivity contribution in [1.29, 1.82) is 0 Å². The molecule has 3 N–H and O–H groups in total. The van der Waals surface area contributed by atoms with E-state index >= 15 is 0 Å². The van der Waals surface area contributed by atoms with Gasteiger partial charge >= 0.3 is 0 Å². The van der Waals surface area contributed by atoms with Gasteiger partial charge in [-0.1, -0.05) is 49.4 Å². The minimum absolute atomic E-state index is 0.133. The summed E-state index contributed by atoms with van der Waals surface area (Å²) >= 11 is 0. The molecular formula is C24H35N5O. The summed E-state index contributed by atoms with van der Waals surface area (Å²) < 4.78 is 0. The molecule has 0 radical (unpaired) electrons. The van der Waals surface area contributed by atoms with Gasteiger partial charge in [-0.3, -0.25) is 14.7 Å². The Morgan fingerprint density at radius 3 is 2.60 bits per heavy atom. The Kier molecular flexibility index (Phi) is 8.51. The zero-order valence-electron chi connectivity index (χ0n) is 18.3. The summed E-state index contributed by atoms with van der Waals surface area (Å²) in [5, 5.41) is 12.6. The van der Waals surface area contributed by atoms with Crippen LogP contribution in [0.1, 0.15) is 31.7 Å². The Morgan fingerprint density at radius 1 is 1.07 bits per heavy atom. The van der Waals surface area contributed by atoms with Crippen molar-refractivity contribution in [3.05, 3.63) is 48.0 Å². The van der Waals surface area contributed by atoms with Crippen LogP contribution in [0.3, 0.4) is 0 Å². The van der Waals surface area contributed by atoms with Gasteiger partial charge in [0.15, 0.2) is 5.96 Å². The molecule has 1 aliphatic rings. The van der Waals surface area contributed by atoms with Crippen LogP contribution in [0.2, 0.25) is 0 Å². The van der Waals surface area contributed by atoms with E-state index in [0.29, 0.717) is 12.6 Å². The molecule has 6 nitrogen and oxygen atoms in total. The van der Waals surface area contributed by atoms with E-state index in [-0.39, 0.29) is 5.91 Å². The lowest BCUT2D eigenvalue weighted by atomic mass is 10.0. The van der Waals surface area contributed by atoms with E-state index in [0.717, 1.165) is 57.8 Å². The van der Waals surface area contributed by atoms with Crippen LogP contribution in [0.15, 0.2) is 47.5 Å². The second-order valence-electron chi connectivity index (χ2n) is 7.93. The minimum atomic E-state index is 0.133. The number of likely N-dealkylation sites (tertiary alicyclic amines) is 1. The number of rotatable bonds is 8. The summed E-state index contributed by atoms with van der Waals surface area (Å²) in [6.45, 7) is 6.04. The summed E-state index contributed by atoms with van der Waals surface area (Å²) in [6, 6.07) is 15.4. The lowest BCUT2D eigenvalue weighted by Crippen LogP contribution is -2.50. The third kappa shape index (κ3) is 6.46. The van der Waals surface area contributed by atoms with Crippen molar-refractivity contribution in [2.75, 3.05) is 39.8 Å². The summed E-state index contributed by atoms with van der Waals surface area (Å²) in [7, 11) is 1.82. The van der Waals surface area contributed by atoms with Gasteiger partial charge in [0.2, 0.25) is 5.91 Å². The topological polar surface area (TPSA) is 68.8 Å². The molecule has 0 unspecified atom stereocenters. The second-order valence-corrected chi connectivity index (χ2v) is 7.93. The minimum Gasteiger partial charge on any atom is -0.356 e. The van der Waals surface area contributed by atoms with E-state index in [1.54, 1.807) is 0 Å². The zero-order chi connectivity index (χ0) is 21.2. The van der Waals surface area contributed by atoms with Gasteiger partial charge < -0.3 is 16.0 Å². The van der Waals surface area contributed by atoms with Crippen molar-refractivity contribution in [2.24, 2.45) is 4.99 Å². The van der Waals surface area contributed by atoms with E-state index in [4.69, 9.17) is 0 Å².